The van der Waals surface area contributed by atoms with Crippen LogP contribution in [0.5, 0.6) is 0 Å². The third-order valence-corrected chi connectivity index (χ3v) is 12.4. The fourth-order valence-corrected chi connectivity index (χ4v) is 9.21. The topological polar surface area (TPSA) is 182 Å². The number of fused-ring (bicyclic) bond motifs is 1. The van der Waals surface area contributed by atoms with Crippen molar-refractivity contribution in [2.75, 3.05) is 5.75 Å². The molecule has 3 aliphatic rings. The molecule has 13 heteroatoms. The Hall–Kier alpha value is -2.90. The van der Waals surface area contributed by atoms with Crippen molar-refractivity contribution in [3.8, 4) is 0 Å². The minimum absolute atomic E-state index is 0.107. The van der Waals surface area contributed by atoms with Crippen LogP contribution >= 0.6 is 11.8 Å². The maximum Gasteiger partial charge on any atom is 0.315 e. The van der Waals surface area contributed by atoms with E-state index in [1.807, 2.05) is 51.6 Å². The summed E-state index contributed by atoms with van der Waals surface area (Å²) in [5.74, 6) is -1.37. The van der Waals surface area contributed by atoms with Crippen LogP contribution in [0.4, 0.5) is 4.79 Å². The summed E-state index contributed by atoms with van der Waals surface area (Å²) in [6.45, 7) is 7.68. The number of carbonyl (C=O) groups is 4. The molecule has 9 atom stereocenters. The highest BCUT2D eigenvalue weighted by Crippen LogP contribution is 2.33. The van der Waals surface area contributed by atoms with Crippen LogP contribution in [0.2, 0.25) is 0 Å². The first-order valence-corrected chi connectivity index (χ1v) is 19.8. The number of pyridine rings is 1. The molecule has 1 aliphatic carbocycles. The number of thioether (sulfide) groups is 1. The van der Waals surface area contributed by atoms with E-state index in [1.165, 1.54) is 6.42 Å². The zero-order valence-corrected chi connectivity index (χ0v) is 31.1. The first-order valence-electron chi connectivity index (χ1n) is 18.8. The van der Waals surface area contributed by atoms with E-state index < -0.39 is 36.1 Å². The average molecular weight is 717 g/mol. The molecule has 1 aromatic heterocycles. The number of nitrogens with one attached hydrogen (secondary N) is 5. The largest absolute Gasteiger partial charge is 0.390 e. The number of urea groups is 1. The smallest absolute Gasteiger partial charge is 0.315 e. The quantitative estimate of drug-likeness (QED) is 0.0840. The van der Waals surface area contributed by atoms with Crippen molar-refractivity contribution in [3.63, 3.8) is 0 Å². The van der Waals surface area contributed by atoms with Crippen LogP contribution in [-0.2, 0) is 20.9 Å². The molecular formula is C37H60N6O6S. The monoisotopic (exact) mass is 716 g/mol. The summed E-state index contributed by atoms with van der Waals surface area (Å²) in [5.41, 5.74) is 0.697. The highest BCUT2D eigenvalue weighted by atomic mass is 32.2. The van der Waals surface area contributed by atoms with Gasteiger partial charge in [-0.1, -0.05) is 78.7 Å². The minimum atomic E-state index is -1.46. The Kier molecular flexibility index (Phi) is 15.7. The maximum atomic E-state index is 13.9. The number of aliphatic hydroxyl groups excluding tert-OH is 2. The van der Waals surface area contributed by atoms with Crippen molar-refractivity contribution in [3.05, 3.63) is 30.1 Å². The second-order valence-electron chi connectivity index (χ2n) is 14.9. The average Bonchev–Trinajstić information content (AvgIpc) is 3.66. The van der Waals surface area contributed by atoms with Gasteiger partial charge in [-0.15, -0.1) is 0 Å². The number of rotatable bonds is 19. The highest BCUT2D eigenvalue weighted by molar-refractivity contribution is 8.00. The molecule has 5 amide bonds. The van der Waals surface area contributed by atoms with Crippen molar-refractivity contribution < 1.29 is 29.4 Å². The van der Waals surface area contributed by atoms with Crippen molar-refractivity contribution >= 4 is 35.5 Å². The second kappa shape index (κ2) is 19.6. The SMILES string of the molecule is CC[C@@H](C)[C@H](NC(=O)[C@H](C(C)C)[C@@H](O)[C@H](O)[C@H](CC1CCCCC1)NC(=O)CCCC[C@@H]1SCC2NC(=O)N[C@@H]21)C(=O)NCc1ccccn1. The van der Waals surface area contributed by atoms with Crippen LogP contribution in [0.1, 0.15) is 104 Å². The standard InChI is InChI=1S/C37H60N6O6S/c1-5-23(4)31(36(48)39-20-25-15-11-12-18-38-25)42-35(47)30(22(2)3)34(46)33(45)26(19-24-13-7-6-8-14-24)40-29(44)17-10-9-16-28-32-27(21-50-28)41-37(49)43-32/h11-12,15,18,22-24,26-28,30-34,45-46H,5-10,13-14,16-17,19-21H2,1-4H3,(H,39,48)(H,40,44)(H,42,47)(H2,41,43,49)/t23-,26+,27?,28+,30-,31+,32+,33-,34-/m1/s1. The number of carbonyl (C=O) groups excluding carboxylic acids is 4. The molecule has 2 aliphatic heterocycles. The lowest BCUT2D eigenvalue weighted by Crippen LogP contribution is -2.57. The van der Waals surface area contributed by atoms with Gasteiger partial charge in [-0.25, -0.2) is 4.79 Å². The Labute approximate surface area is 301 Å². The fourth-order valence-electron chi connectivity index (χ4n) is 7.66. The molecule has 50 heavy (non-hydrogen) atoms. The van der Waals surface area contributed by atoms with E-state index in [1.54, 1.807) is 12.3 Å². The van der Waals surface area contributed by atoms with Crippen LogP contribution in [0.25, 0.3) is 0 Å². The van der Waals surface area contributed by atoms with E-state index in [9.17, 15) is 29.4 Å². The molecule has 1 unspecified atom stereocenters. The molecule has 0 bridgehead atoms. The molecule has 4 rings (SSSR count). The number of amides is 5. The highest BCUT2D eigenvalue weighted by Gasteiger charge is 2.43. The van der Waals surface area contributed by atoms with E-state index in [0.717, 1.165) is 44.3 Å². The zero-order valence-electron chi connectivity index (χ0n) is 30.2. The van der Waals surface area contributed by atoms with E-state index >= 15 is 0 Å². The van der Waals surface area contributed by atoms with Gasteiger partial charge in [0.1, 0.15) is 12.1 Å². The van der Waals surface area contributed by atoms with Gasteiger partial charge in [-0.3, -0.25) is 19.4 Å². The number of hydrogen-bond acceptors (Lipinski definition) is 8. The molecule has 1 aromatic rings. The van der Waals surface area contributed by atoms with Gasteiger partial charge in [0.15, 0.2) is 0 Å². The van der Waals surface area contributed by atoms with Crippen LogP contribution in [0.3, 0.4) is 0 Å². The van der Waals surface area contributed by atoms with Gasteiger partial charge in [0.05, 0.1) is 42.4 Å². The Morgan fingerprint density at radius 2 is 1.76 bits per heavy atom. The second-order valence-corrected chi connectivity index (χ2v) is 16.2. The molecule has 3 fully saturated rings. The molecule has 2 saturated heterocycles. The lowest BCUT2D eigenvalue weighted by atomic mass is 9.79. The first-order chi connectivity index (χ1) is 24.0. The first kappa shape index (κ1) is 39.9. The Balaban J connectivity index is 1.37. The van der Waals surface area contributed by atoms with Crippen molar-refractivity contribution in [2.45, 2.75) is 146 Å². The Morgan fingerprint density at radius 3 is 2.44 bits per heavy atom. The van der Waals surface area contributed by atoms with Gasteiger partial charge in [-0.05, 0) is 49.1 Å². The van der Waals surface area contributed by atoms with Gasteiger partial charge in [0, 0.05) is 23.6 Å². The summed E-state index contributed by atoms with van der Waals surface area (Å²) in [4.78, 5) is 56.4. The number of aliphatic hydroxyl groups is 2. The summed E-state index contributed by atoms with van der Waals surface area (Å²) in [5, 5.41) is 38.4. The number of aromatic nitrogens is 1. The molecule has 0 spiro atoms. The molecule has 3 heterocycles. The van der Waals surface area contributed by atoms with Gasteiger partial charge < -0.3 is 36.8 Å². The van der Waals surface area contributed by atoms with E-state index in [4.69, 9.17) is 0 Å². The lowest BCUT2D eigenvalue weighted by Gasteiger charge is -2.36. The third kappa shape index (κ3) is 11.3. The fraction of sp³-hybridized carbons (Fsp3) is 0.757. The molecule has 1 saturated carbocycles. The summed E-state index contributed by atoms with van der Waals surface area (Å²) in [6.07, 6.45) is 8.05. The molecule has 280 valence electrons. The van der Waals surface area contributed by atoms with Gasteiger partial charge in [0.25, 0.3) is 0 Å². The van der Waals surface area contributed by atoms with Gasteiger partial charge in [-0.2, -0.15) is 11.8 Å². The van der Waals surface area contributed by atoms with Gasteiger partial charge in [0.2, 0.25) is 17.7 Å². The molecule has 0 aromatic carbocycles. The minimum Gasteiger partial charge on any atom is -0.390 e. The molecular weight excluding hydrogens is 657 g/mol. The number of unbranched alkanes of at least 4 members (excludes halogenated alkanes) is 1. The maximum absolute atomic E-state index is 13.9. The predicted octanol–water partition coefficient (Wildman–Crippen LogP) is 3.40. The summed E-state index contributed by atoms with van der Waals surface area (Å²) in [6, 6.07) is 4.09. The number of nitrogens with zero attached hydrogens (tertiary/aromatic N) is 1. The van der Waals surface area contributed by atoms with Crippen molar-refractivity contribution in [2.24, 2.45) is 23.7 Å². The van der Waals surface area contributed by atoms with Crippen molar-refractivity contribution in [1.29, 1.82) is 0 Å². The Morgan fingerprint density at radius 1 is 1.00 bits per heavy atom. The van der Waals surface area contributed by atoms with Crippen molar-refractivity contribution in [1.82, 2.24) is 31.6 Å². The zero-order chi connectivity index (χ0) is 36.2. The van der Waals surface area contributed by atoms with Crippen LogP contribution in [0, 0.1) is 23.7 Å². The van der Waals surface area contributed by atoms with Crippen LogP contribution < -0.4 is 26.6 Å². The molecule has 7 N–H and O–H groups in total. The summed E-state index contributed by atoms with van der Waals surface area (Å²) in [7, 11) is 0. The molecule has 12 nitrogen and oxygen atoms in total. The van der Waals surface area contributed by atoms with Crippen LogP contribution in [0.15, 0.2) is 24.4 Å². The summed E-state index contributed by atoms with van der Waals surface area (Å²) < 4.78 is 0. The Bertz CT molecular complexity index is 1250. The third-order valence-electron chi connectivity index (χ3n) is 10.9. The van der Waals surface area contributed by atoms with E-state index in [-0.39, 0.29) is 48.3 Å². The predicted molar refractivity (Wildman–Crippen MR) is 195 cm³/mol. The van der Waals surface area contributed by atoms with E-state index in [0.29, 0.717) is 42.5 Å². The van der Waals surface area contributed by atoms with Crippen LogP contribution in [-0.4, -0.2) is 86.3 Å². The number of hydrogen-bond donors (Lipinski definition) is 7. The van der Waals surface area contributed by atoms with Gasteiger partial charge >= 0.3 is 6.03 Å². The normalized spacial score (nSPS) is 24.2. The van der Waals surface area contributed by atoms with E-state index in [2.05, 4.69) is 31.6 Å². The summed E-state index contributed by atoms with van der Waals surface area (Å²) >= 11 is 1.85. The lowest BCUT2D eigenvalue weighted by molar-refractivity contribution is -0.140. The molecule has 0 radical (unpaired) electrons.